The van der Waals surface area contributed by atoms with Gasteiger partial charge in [0.1, 0.15) is 0 Å². The van der Waals surface area contributed by atoms with Crippen molar-refractivity contribution in [3.05, 3.63) is 34.9 Å². The molecule has 3 nitrogen and oxygen atoms in total. The van der Waals surface area contributed by atoms with Gasteiger partial charge >= 0.3 is 5.97 Å². The number of hydrogen-bond acceptors (Lipinski definition) is 3. The van der Waals surface area contributed by atoms with Crippen LogP contribution in [0.4, 0.5) is 0 Å². The molecule has 0 bridgehead atoms. The van der Waals surface area contributed by atoms with E-state index in [0.717, 1.165) is 11.1 Å². The molecule has 0 aliphatic rings. The maximum absolute atomic E-state index is 11.7. The van der Waals surface area contributed by atoms with E-state index in [4.69, 9.17) is 9.47 Å². The topological polar surface area (TPSA) is 35.5 Å². The maximum atomic E-state index is 11.7. The molecule has 0 saturated heterocycles. The second-order valence-corrected chi connectivity index (χ2v) is 4.09. The zero-order valence-corrected chi connectivity index (χ0v) is 11.7. The fraction of sp³-hybridized carbons (Fsp3) is 0.462. The minimum atomic E-state index is -0.284. The highest BCUT2D eigenvalue weighted by molar-refractivity contribution is 9.08. The molecule has 0 spiro atoms. The first-order valence-corrected chi connectivity index (χ1v) is 6.77. The van der Waals surface area contributed by atoms with E-state index >= 15 is 0 Å². The Hall–Kier alpha value is -0.870. The summed E-state index contributed by atoms with van der Waals surface area (Å²) in [7, 11) is 0. The summed E-state index contributed by atoms with van der Waals surface area (Å²) < 4.78 is 10.3. The van der Waals surface area contributed by atoms with Crippen molar-refractivity contribution in [2.75, 3.05) is 13.2 Å². The van der Waals surface area contributed by atoms with Crippen LogP contribution in [0.25, 0.3) is 0 Å². The van der Waals surface area contributed by atoms with Crippen LogP contribution in [0.3, 0.4) is 0 Å². The molecular weight excluding hydrogens is 284 g/mol. The lowest BCUT2D eigenvalue weighted by Crippen LogP contribution is -2.06. The number of rotatable bonds is 6. The van der Waals surface area contributed by atoms with Crippen LogP contribution >= 0.6 is 15.9 Å². The molecule has 94 valence electrons. The van der Waals surface area contributed by atoms with Crippen molar-refractivity contribution in [1.29, 1.82) is 0 Å². The predicted octanol–water partition coefficient (Wildman–Crippen LogP) is 3.29. The minimum absolute atomic E-state index is 0.284. The predicted molar refractivity (Wildman–Crippen MR) is 70.4 cm³/mol. The lowest BCUT2D eigenvalue weighted by Gasteiger charge is -2.08. The molecule has 1 rings (SSSR count). The van der Waals surface area contributed by atoms with Crippen LogP contribution in [0.15, 0.2) is 18.2 Å². The summed E-state index contributed by atoms with van der Waals surface area (Å²) in [5, 5.41) is 0.708. The van der Waals surface area contributed by atoms with E-state index in [0.29, 0.717) is 30.7 Å². The summed E-state index contributed by atoms with van der Waals surface area (Å²) in [6.45, 7) is 5.31. The molecule has 1 aromatic rings. The maximum Gasteiger partial charge on any atom is 0.338 e. The van der Waals surface area contributed by atoms with Crippen LogP contribution in [-0.2, 0) is 21.4 Å². The van der Waals surface area contributed by atoms with E-state index < -0.39 is 0 Å². The molecule has 0 saturated carbocycles. The van der Waals surface area contributed by atoms with Gasteiger partial charge in [-0.1, -0.05) is 22.0 Å². The summed E-state index contributed by atoms with van der Waals surface area (Å²) in [6, 6.07) is 5.68. The lowest BCUT2D eigenvalue weighted by atomic mass is 10.1. The van der Waals surface area contributed by atoms with E-state index in [9.17, 15) is 4.79 Å². The van der Waals surface area contributed by atoms with Crippen molar-refractivity contribution < 1.29 is 14.3 Å². The number of halogens is 1. The smallest absolute Gasteiger partial charge is 0.338 e. The Balaban J connectivity index is 2.92. The molecule has 0 atom stereocenters. The van der Waals surface area contributed by atoms with E-state index in [1.807, 2.05) is 25.1 Å². The zero-order chi connectivity index (χ0) is 12.7. The Bertz CT molecular complexity index is 377. The van der Waals surface area contributed by atoms with E-state index in [1.54, 1.807) is 6.92 Å². The minimum Gasteiger partial charge on any atom is -0.462 e. The Morgan fingerprint density at radius 1 is 1.18 bits per heavy atom. The number of carbonyl (C=O) groups excluding carboxylic acids is 1. The lowest BCUT2D eigenvalue weighted by molar-refractivity contribution is 0.0526. The average Bonchev–Trinajstić information content (AvgIpc) is 2.36. The van der Waals surface area contributed by atoms with Crippen molar-refractivity contribution in [2.24, 2.45) is 0 Å². The largest absolute Gasteiger partial charge is 0.462 e. The van der Waals surface area contributed by atoms with Gasteiger partial charge < -0.3 is 9.47 Å². The van der Waals surface area contributed by atoms with Crippen LogP contribution in [-0.4, -0.2) is 19.2 Å². The monoisotopic (exact) mass is 300 g/mol. The van der Waals surface area contributed by atoms with Gasteiger partial charge in [0, 0.05) is 11.9 Å². The SMILES string of the molecule is CCOCc1cc(CBr)cc(C(=O)OCC)c1. The molecule has 0 N–H and O–H groups in total. The summed E-state index contributed by atoms with van der Waals surface area (Å²) in [6.07, 6.45) is 0. The number of esters is 1. The Morgan fingerprint density at radius 2 is 1.88 bits per heavy atom. The van der Waals surface area contributed by atoms with Crippen LogP contribution in [0, 0.1) is 0 Å². The first-order chi connectivity index (χ1) is 8.21. The Kier molecular flexibility index (Phi) is 6.22. The van der Waals surface area contributed by atoms with Crippen molar-refractivity contribution in [1.82, 2.24) is 0 Å². The number of carbonyl (C=O) groups is 1. The third-order valence-electron chi connectivity index (χ3n) is 2.19. The van der Waals surface area contributed by atoms with Gasteiger partial charge in [0.25, 0.3) is 0 Å². The highest BCUT2D eigenvalue weighted by Crippen LogP contribution is 2.15. The number of benzene rings is 1. The molecule has 4 heteroatoms. The van der Waals surface area contributed by atoms with Crippen molar-refractivity contribution in [3.8, 4) is 0 Å². The van der Waals surface area contributed by atoms with Crippen molar-refractivity contribution in [2.45, 2.75) is 25.8 Å². The second kappa shape index (κ2) is 7.45. The molecule has 0 aliphatic heterocycles. The summed E-state index contributed by atoms with van der Waals surface area (Å²) in [4.78, 5) is 11.7. The van der Waals surface area contributed by atoms with Crippen molar-refractivity contribution >= 4 is 21.9 Å². The first-order valence-electron chi connectivity index (χ1n) is 5.64. The highest BCUT2D eigenvalue weighted by Gasteiger charge is 2.09. The Labute approximate surface area is 110 Å². The number of hydrogen-bond donors (Lipinski definition) is 0. The molecule has 0 fully saturated rings. The molecule has 0 heterocycles. The van der Waals surface area contributed by atoms with Crippen LogP contribution < -0.4 is 0 Å². The number of alkyl halides is 1. The molecule has 0 radical (unpaired) electrons. The Morgan fingerprint density at radius 3 is 2.47 bits per heavy atom. The van der Waals surface area contributed by atoms with Crippen molar-refractivity contribution in [3.63, 3.8) is 0 Å². The second-order valence-electron chi connectivity index (χ2n) is 3.53. The van der Waals surface area contributed by atoms with Crippen LogP contribution in [0.1, 0.15) is 35.3 Å². The highest BCUT2D eigenvalue weighted by atomic mass is 79.9. The van der Waals surface area contributed by atoms with Crippen LogP contribution in [0.2, 0.25) is 0 Å². The van der Waals surface area contributed by atoms with Gasteiger partial charge in [-0.2, -0.15) is 0 Å². The van der Waals surface area contributed by atoms with E-state index in [2.05, 4.69) is 15.9 Å². The van der Waals surface area contributed by atoms with E-state index in [1.165, 1.54) is 0 Å². The third-order valence-corrected chi connectivity index (χ3v) is 2.84. The third kappa shape index (κ3) is 4.48. The normalized spacial score (nSPS) is 10.3. The molecular formula is C13H17BrO3. The fourth-order valence-electron chi connectivity index (χ4n) is 1.48. The summed E-state index contributed by atoms with van der Waals surface area (Å²) in [5.41, 5.74) is 2.62. The molecule has 17 heavy (non-hydrogen) atoms. The average molecular weight is 301 g/mol. The van der Waals surface area contributed by atoms with Gasteiger partial charge in [0.05, 0.1) is 18.8 Å². The van der Waals surface area contributed by atoms with Gasteiger partial charge in [-0.05, 0) is 37.1 Å². The first kappa shape index (κ1) is 14.2. The molecule has 1 aromatic carbocycles. The van der Waals surface area contributed by atoms with Crippen LogP contribution in [0.5, 0.6) is 0 Å². The van der Waals surface area contributed by atoms with Gasteiger partial charge in [0.15, 0.2) is 0 Å². The molecule has 0 aliphatic carbocycles. The van der Waals surface area contributed by atoms with Gasteiger partial charge in [-0.25, -0.2) is 4.79 Å². The van der Waals surface area contributed by atoms with Gasteiger partial charge in [-0.3, -0.25) is 0 Å². The summed E-state index contributed by atoms with van der Waals surface area (Å²) in [5.74, 6) is -0.284. The molecule has 0 aromatic heterocycles. The number of ether oxygens (including phenoxy) is 2. The molecule has 0 unspecified atom stereocenters. The standard InChI is InChI=1S/C13H17BrO3/c1-3-16-9-11-5-10(8-14)6-12(7-11)13(15)17-4-2/h5-7H,3-4,8-9H2,1-2H3. The summed E-state index contributed by atoms with van der Waals surface area (Å²) >= 11 is 3.39. The molecule has 0 amide bonds. The van der Waals surface area contributed by atoms with E-state index in [-0.39, 0.29) is 5.97 Å². The quantitative estimate of drug-likeness (QED) is 0.597. The van der Waals surface area contributed by atoms with Gasteiger partial charge in [-0.15, -0.1) is 0 Å². The zero-order valence-electron chi connectivity index (χ0n) is 10.2. The fourth-order valence-corrected chi connectivity index (χ4v) is 1.80. The van der Waals surface area contributed by atoms with Gasteiger partial charge in [0.2, 0.25) is 0 Å².